The Labute approximate surface area is 281 Å². The summed E-state index contributed by atoms with van der Waals surface area (Å²) in [4.78, 5) is 0. The molecule has 0 aliphatic heterocycles. The molecule has 0 aliphatic rings. The maximum atomic E-state index is 9.29. The molecular weight excluding hydrogens is 544 g/mol. The van der Waals surface area contributed by atoms with Crippen molar-refractivity contribution in [1.29, 1.82) is 0 Å². The minimum absolute atomic E-state index is 0.0111. The molecular formula is C44H28O. The van der Waals surface area contributed by atoms with Gasteiger partial charge in [-0.2, -0.15) is 0 Å². The molecule has 210 valence electrons. The van der Waals surface area contributed by atoms with Crippen LogP contribution in [0.25, 0.3) is 88.0 Å². The second-order valence-corrected chi connectivity index (χ2v) is 10.6. The minimum Gasteiger partial charge on any atom is -0.456 e. The summed E-state index contributed by atoms with van der Waals surface area (Å²) in [5.41, 5.74) is 2.60. The molecule has 1 heteroatoms. The Kier molecular flexibility index (Phi) is 3.50. The van der Waals surface area contributed by atoms with Gasteiger partial charge in [-0.05, 0) is 84.3 Å². The molecule has 45 heavy (non-hydrogen) atoms. The lowest BCUT2D eigenvalue weighted by Crippen LogP contribution is -1.91. The van der Waals surface area contributed by atoms with Crippen LogP contribution in [0.2, 0.25) is 0 Å². The highest BCUT2D eigenvalue weighted by molar-refractivity contribution is 6.22. The van der Waals surface area contributed by atoms with E-state index in [0.717, 1.165) is 21.9 Å². The van der Waals surface area contributed by atoms with Gasteiger partial charge < -0.3 is 4.42 Å². The molecule has 0 atom stereocenters. The third-order valence-electron chi connectivity index (χ3n) is 8.11. The van der Waals surface area contributed by atoms with Crippen LogP contribution >= 0.6 is 0 Å². The normalized spacial score (nSPS) is 15.9. The molecule has 0 radical (unpaired) electrons. The summed E-state index contributed by atoms with van der Waals surface area (Å²) in [6.45, 7) is 0. The molecule has 0 N–H and O–H groups in total. The fourth-order valence-corrected chi connectivity index (χ4v) is 6.22. The monoisotopic (exact) mass is 586 g/mol. The molecule has 0 saturated heterocycles. The van der Waals surface area contributed by atoms with Crippen LogP contribution in [0.15, 0.2) is 174 Å². The van der Waals surface area contributed by atoms with Crippen LogP contribution in [0, 0.1) is 0 Å². The third kappa shape index (κ3) is 4.17. The van der Waals surface area contributed by atoms with Gasteiger partial charge in [0, 0.05) is 10.8 Å². The maximum absolute atomic E-state index is 9.29. The van der Waals surface area contributed by atoms with Crippen molar-refractivity contribution in [2.24, 2.45) is 0 Å². The Hall–Kier alpha value is -5.92. The van der Waals surface area contributed by atoms with Gasteiger partial charge in [0.2, 0.25) is 0 Å². The number of hydrogen-bond acceptors (Lipinski definition) is 1. The van der Waals surface area contributed by atoms with Gasteiger partial charge in [0.15, 0.2) is 0 Å². The van der Waals surface area contributed by atoms with E-state index in [2.05, 4.69) is 0 Å². The Morgan fingerprint density at radius 1 is 0.378 bits per heavy atom. The van der Waals surface area contributed by atoms with E-state index in [1.165, 1.54) is 0 Å². The SMILES string of the molecule is [2H]c1c([2H])c([2H])c(-c2c([2H])c([2H])c(-c3c4ccccc4c(-c4ccc5c(c4)oc4cccc(-c6c([2H])c([2H])c([2H])c([2H])c6[2H])c45)c4ccccc34)c([2H])c2[2H])c([2H])c1[2H]. The summed E-state index contributed by atoms with van der Waals surface area (Å²) in [5, 5.41) is 3.94. The van der Waals surface area contributed by atoms with Crippen LogP contribution in [0.1, 0.15) is 19.2 Å². The summed E-state index contributed by atoms with van der Waals surface area (Å²) in [6.07, 6.45) is 0. The largest absolute Gasteiger partial charge is 0.456 e. The molecule has 1 heterocycles. The first-order valence-corrected chi connectivity index (χ1v) is 14.3. The van der Waals surface area contributed by atoms with Crippen LogP contribution < -0.4 is 0 Å². The molecule has 9 aromatic rings. The van der Waals surface area contributed by atoms with Gasteiger partial charge in [0.25, 0.3) is 0 Å². The average molecular weight is 587 g/mol. The molecule has 0 bridgehead atoms. The fraction of sp³-hybridized carbons (Fsp3) is 0. The highest BCUT2D eigenvalue weighted by Gasteiger charge is 2.18. The van der Waals surface area contributed by atoms with E-state index in [0.29, 0.717) is 43.8 Å². The summed E-state index contributed by atoms with van der Waals surface area (Å²) in [5.74, 6) is 0. The lowest BCUT2D eigenvalue weighted by molar-refractivity contribution is 0.669. The molecule has 0 spiro atoms. The predicted octanol–water partition coefficient (Wildman–Crippen LogP) is 12.6. The molecule has 0 fully saturated rings. The first kappa shape index (κ1) is 15.2. The van der Waals surface area contributed by atoms with E-state index in [4.69, 9.17) is 20.9 Å². The van der Waals surface area contributed by atoms with E-state index < -0.39 is 78.1 Å². The Balaban J connectivity index is 1.30. The molecule has 8 aromatic carbocycles. The van der Waals surface area contributed by atoms with Crippen molar-refractivity contribution >= 4 is 43.5 Å². The number of benzene rings is 8. The smallest absolute Gasteiger partial charge is 0.136 e. The fourth-order valence-electron chi connectivity index (χ4n) is 6.22. The highest BCUT2D eigenvalue weighted by atomic mass is 16.3. The Morgan fingerprint density at radius 2 is 0.911 bits per heavy atom. The zero-order chi connectivity index (χ0) is 41.9. The Bertz CT molecular complexity index is 3190. The molecule has 0 saturated carbocycles. The number of furan rings is 1. The van der Waals surface area contributed by atoms with Crippen LogP contribution in [-0.4, -0.2) is 0 Å². The average Bonchev–Trinajstić information content (AvgIpc) is 3.62. The molecule has 0 unspecified atom stereocenters. The molecule has 1 nitrogen and oxygen atoms in total. The van der Waals surface area contributed by atoms with E-state index >= 15 is 0 Å². The van der Waals surface area contributed by atoms with Gasteiger partial charge in [-0.3, -0.25) is 0 Å². The van der Waals surface area contributed by atoms with Crippen LogP contribution in [0.3, 0.4) is 0 Å². The van der Waals surface area contributed by atoms with Crippen molar-refractivity contribution in [1.82, 2.24) is 0 Å². The standard InChI is InChI=1S/C44H28O/c1-3-12-29(13-4-1)30-22-24-32(25-23-30)42-35-16-7-9-18-37(35)43(38-19-10-8-17-36(38)42)33-26-27-39-41(28-33)45-40-21-11-20-34(44(39)40)31-14-5-2-6-15-31/h1-28H/i1D,2D,3D,4D,5D,6D,12D,13D,14D,15D,22D,23D,24D,25D. The van der Waals surface area contributed by atoms with E-state index in [1.54, 1.807) is 18.2 Å². The van der Waals surface area contributed by atoms with Crippen molar-refractivity contribution in [2.45, 2.75) is 0 Å². The zero-order valence-electron chi connectivity index (χ0n) is 37.5. The number of rotatable bonds is 4. The van der Waals surface area contributed by atoms with Gasteiger partial charge in [-0.25, -0.2) is 0 Å². The molecule has 0 aliphatic carbocycles. The van der Waals surface area contributed by atoms with E-state index in [9.17, 15) is 2.74 Å². The van der Waals surface area contributed by atoms with Crippen molar-refractivity contribution in [3.8, 4) is 44.5 Å². The summed E-state index contributed by atoms with van der Waals surface area (Å²) >= 11 is 0. The topological polar surface area (TPSA) is 13.1 Å². The second-order valence-electron chi connectivity index (χ2n) is 10.6. The maximum Gasteiger partial charge on any atom is 0.136 e. The summed E-state index contributed by atoms with van der Waals surface area (Å²) in [7, 11) is 0. The Morgan fingerprint density at radius 3 is 1.53 bits per heavy atom. The minimum atomic E-state index is -0.648. The van der Waals surface area contributed by atoms with Crippen LogP contribution in [0.4, 0.5) is 0 Å². The molecule has 9 rings (SSSR count). The van der Waals surface area contributed by atoms with Gasteiger partial charge in [0.1, 0.15) is 11.2 Å². The third-order valence-corrected chi connectivity index (χ3v) is 8.11. The summed E-state index contributed by atoms with van der Waals surface area (Å²) < 4.78 is 126. The second kappa shape index (κ2) is 10.4. The van der Waals surface area contributed by atoms with Gasteiger partial charge >= 0.3 is 0 Å². The van der Waals surface area contributed by atoms with Crippen molar-refractivity contribution < 1.29 is 23.6 Å². The number of fused-ring (bicyclic) bond motifs is 5. The number of hydrogen-bond donors (Lipinski definition) is 0. The lowest BCUT2D eigenvalue weighted by Gasteiger charge is -2.18. The van der Waals surface area contributed by atoms with Crippen molar-refractivity contribution in [3.63, 3.8) is 0 Å². The molecule has 0 amide bonds. The predicted molar refractivity (Wildman–Crippen MR) is 190 cm³/mol. The highest BCUT2D eigenvalue weighted by Crippen LogP contribution is 2.45. The van der Waals surface area contributed by atoms with Gasteiger partial charge in [-0.1, -0.05) is 151 Å². The van der Waals surface area contributed by atoms with Gasteiger partial charge in [0.05, 0.1) is 19.2 Å². The van der Waals surface area contributed by atoms with Crippen LogP contribution in [-0.2, 0) is 0 Å². The lowest BCUT2D eigenvalue weighted by atomic mass is 9.85. The zero-order valence-corrected chi connectivity index (χ0v) is 23.5. The van der Waals surface area contributed by atoms with E-state index in [1.807, 2.05) is 66.7 Å². The first-order chi connectivity index (χ1) is 28.1. The van der Waals surface area contributed by atoms with E-state index in [-0.39, 0.29) is 28.8 Å². The molecule has 1 aromatic heterocycles. The quantitative estimate of drug-likeness (QED) is 0.187. The van der Waals surface area contributed by atoms with Gasteiger partial charge in [-0.15, -0.1) is 0 Å². The van der Waals surface area contributed by atoms with Crippen LogP contribution in [0.5, 0.6) is 0 Å². The van der Waals surface area contributed by atoms with Crippen molar-refractivity contribution in [3.05, 3.63) is 170 Å². The van der Waals surface area contributed by atoms with Crippen molar-refractivity contribution in [2.75, 3.05) is 0 Å². The first-order valence-electron chi connectivity index (χ1n) is 21.3. The summed E-state index contributed by atoms with van der Waals surface area (Å²) in [6, 6.07) is 18.5.